The highest BCUT2D eigenvalue weighted by molar-refractivity contribution is 7.89. The molecule has 0 bridgehead atoms. The molecule has 6 nitrogen and oxygen atoms in total. The van der Waals surface area contributed by atoms with Crippen molar-refractivity contribution in [2.45, 2.75) is 17.7 Å². The summed E-state index contributed by atoms with van der Waals surface area (Å²) >= 11 is 0. The fourth-order valence-electron chi connectivity index (χ4n) is 2.33. The second-order valence-corrected chi connectivity index (χ2v) is 7.97. The Hall–Kier alpha value is -2.45. The number of nitrogens with zero attached hydrogens (tertiary/aromatic N) is 1. The van der Waals surface area contributed by atoms with Crippen molar-refractivity contribution in [2.24, 2.45) is 0 Å². The lowest BCUT2D eigenvalue weighted by atomic mass is 10.1. The number of benzene rings is 2. The van der Waals surface area contributed by atoms with Gasteiger partial charge < -0.3 is 10.1 Å². The maximum Gasteiger partial charge on any atom is 0.242 e. The first kappa shape index (κ1) is 19.9. The number of carbonyl (C=O) groups is 1. The van der Waals surface area contributed by atoms with Gasteiger partial charge in [0.1, 0.15) is 11.6 Å². The van der Waals surface area contributed by atoms with Crippen LogP contribution in [0.4, 0.5) is 10.1 Å². The molecule has 0 radical (unpaired) electrons. The zero-order valence-electron chi connectivity index (χ0n) is 14.8. The van der Waals surface area contributed by atoms with Crippen LogP contribution in [0.25, 0.3) is 0 Å². The van der Waals surface area contributed by atoms with Gasteiger partial charge in [-0.05, 0) is 54.4 Å². The number of nitrogens with one attached hydrogen (secondary N) is 1. The van der Waals surface area contributed by atoms with E-state index in [4.69, 9.17) is 4.74 Å². The van der Waals surface area contributed by atoms with E-state index in [9.17, 15) is 17.6 Å². The molecule has 2 aromatic rings. The molecular weight excluding hydrogens is 359 g/mol. The van der Waals surface area contributed by atoms with Crippen LogP contribution in [0, 0.1) is 5.82 Å². The van der Waals surface area contributed by atoms with Gasteiger partial charge in [-0.1, -0.05) is 0 Å². The molecule has 0 heterocycles. The third kappa shape index (κ3) is 4.80. The largest absolute Gasteiger partial charge is 0.496 e. The summed E-state index contributed by atoms with van der Waals surface area (Å²) in [6, 6.07) is 10.0. The Morgan fingerprint density at radius 1 is 1.15 bits per heavy atom. The molecule has 1 amide bonds. The van der Waals surface area contributed by atoms with Gasteiger partial charge in [0.25, 0.3) is 0 Å². The smallest absolute Gasteiger partial charge is 0.242 e. The zero-order chi connectivity index (χ0) is 19.3. The highest BCUT2D eigenvalue weighted by atomic mass is 32.2. The molecule has 0 aliphatic carbocycles. The van der Waals surface area contributed by atoms with Crippen LogP contribution in [0.2, 0.25) is 0 Å². The third-order valence-electron chi connectivity index (χ3n) is 3.78. The van der Waals surface area contributed by atoms with Gasteiger partial charge in [-0.3, -0.25) is 4.79 Å². The van der Waals surface area contributed by atoms with E-state index in [0.29, 0.717) is 23.4 Å². The standard InChI is InChI=1S/C18H21FN2O4S/c1-21(2)26(23,24)16-9-10-17(25-3)13(12-16)4-11-18(22)20-15-7-5-14(19)6-8-15/h5-10,12H,4,11H2,1-3H3,(H,20,22). The van der Waals surface area contributed by atoms with Crippen LogP contribution >= 0.6 is 0 Å². The summed E-state index contributed by atoms with van der Waals surface area (Å²) in [6.07, 6.45) is 0.423. The van der Waals surface area contributed by atoms with Crippen LogP contribution < -0.4 is 10.1 Å². The monoisotopic (exact) mass is 380 g/mol. The van der Waals surface area contributed by atoms with Crippen LogP contribution in [0.1, 0.15) is 12.0 Å². The van der Waals surface area contributed by atoms with Crippen molar-refractivity contribution in [3.63, 3.8) is 0 Å². The molecule has 0 saturated heterocycles. The summed E-state index contributed by atoms with van der Waals surface area (Å²) in [7, 11) is 0.817. The van der Waals surface area contributed by atoms with Crippen molar-refractivity contribution in [1.29, 1.82) is 0 Å². The fourth-order valence-corrected chi connectivity index (χ4v) is 3.28. The summed E-state index contributed by atoms with van der Waals surface area (Å²) < 4.78 is 43.8. The second-order valence-electron chi connectivity index (χ2n) is 5.82. The van der Waals surface area contributed by atoms with Crippen molar-refractivity contribution in [1.82, 2.24) is 4.31 Å². The zero-order valence-corrected chi connectivity index (χ0v) is 15.6. The third-order valence-corrected chi connectivity index (χ3v) is 5.59. The predicted molar refractivity (Wildman–Crippen MR) is 97.2 cm³/mol. The number of ether oxygens (including phenoxy) is 1. The summed E-state index contributed by atoms with van der Waals surface area (Å²) in [5, 5.41) is 2.67. The average molecular weight is 380 g/mol. The first-order chi connectivity index (χ1) is 12.2. The number of hydrogen-bond donors (Lipinski definition) is 1. The number of hydrogen-bond acceptors (Lipinski definition) is 4. The molecule has 0 saturated carbocycles. The van der Waals surface area contributed by atoms with Crippen LogP contribution in [0.3, 0.4) is 0 Å². The van der Waals surface area contributed by atoms with Crippen molar-refractivity contribution in [2.75, 3.05) is 26.5 Å². The lowest BCUT2D eigenvalue weighted by Gasteiger charge is -2.14. The van der Waals surface area contributed by atoms with E-state index in [0.717, 1.165) is 4.31 Å². The summed E-state index contributed by atoms with van der Waals surface area (Å²) in [5.74, 6) is -0.136. The van der Waals surface area contributed by atoms with Crippen LogP contribution in [-0.4, -0.2) is 39.8 Å². The number of rotatable bonds is 7. The number of anilines is 1. The van der Waals surface area contributed by atoms with E-state index in [1.807, 2.05) is 0 Å². The molecule has 26 heavy (non-hydrogen) atoms. The van der Waals surface area contributed by atoms with Gasteiger partial charge in [-0.2, -0.15) is 0 Å². The molecule has 0 unspecified atom stereocenters. The van der Waals surface area contributed by atoms with Gasteiger partial charge in [-0.15, -0.1) is 0 Å². The Labute approximate surface area is 152 Å². The van der Waals surface area contributed by atoms with Gasteiger partial charge in [0.2, 0.25) is 15.9 Å². The first-order valence-electron chi connectivity index (χ1n) is 7.89. The molecule has 0 aliphatic rings. The molecule has 0 aromatic heterocycles. The molecular formula is C18H21FN2O4S. The predicted octanol–water partition coefficient (Wildman–Crippen LogP) is 2.66. The van der Waals surface area contributed by atoms with Gasteiger partial charge in [0.15, 0.2) is 0 Å². The Morgan fingerprint density at radius 3 is 2.38 bits per heavy atom. The number of aryl methyl sites for hydroxylation is 1. The summed E-state index contributed by atoms with van der Waals surface area (Å²) in [6.45, 7) is 0. The highest BCUT2D eigenvalue weighted by Crippen LogP contribution is 2.25. The lowest BCUT2D eigenvalue weighted by Crippen LogP contribution is -2.22. The van der Waals surface area contributed by atoms with E-state index in [2.05, 4.69) is 5.32 Å². The molecule has 0 fully saturated rings. The topological polar surface area (TPSA) is 75.7 Å². The minimum Gasteiger partial charge on any atom is -0.496 e. The van der Waals surface area contributed by atoms with E-state index in [1.165, 1.54) is 57.6 Å². The summed E-state index contributed by atoms with van der Waals surface area (Å²) in [4.78, 5) is 12.2. The fraction of sp³-hybridized carbons (Fsp3) is 0.278. The molecule has 140 valence electrons. The Morgan fingerprint density at radius 2 is 1.81 bits per heavy atom. The van der Waals surface area contributed by atoms with Gasteiger partial charge in [-0.25, -0.2) is 17.1 Å². The highest BCUT2D eigenvalue weighted by Gasteiger charge is 2.19. The molecule has 0 atom stereocenters. The van der Waals surface area contributed by atoms with E-state index >= 15 is 0 Å². The Kier molecular flexibility index (Phi) is 6.33. The quantitative estimate of drug-likeness (QED) is 0.801. The molecule has 0 aliphatic heterocycles. The maximum absolute atomic E-state index is 12.9. The van der Waals surface area contributed by atoms with Crippen molar-refractivity contribution >= 4 is 21.6 Å². The van der Waals surface area contributed by atoms with E-state index in [-0.39, 0.29) is 23.0 Å². The van der Waals surface area contributed by atoms with Crippen molar-refractivity contribution in [3.8, 4) is 5.75 Å². The minimum absolute atomic E-state index is 0.124. The second kappa shape index (κ2) is 8.29. The van der Waals surface area contributed by atoms with Gasteiger partial charge in [0, 0.05) is 26.2 Å². The van der Waals surface area contributed by atoms with Crippen molar-refractivity contribution in [3.05, 3.63) is 53.8 Å². The maximum atomic E-state index is 12.9. The molecule has 1 N–H and O–H groups in total. The minimum atomic E-state index is -3.57. The number of halogens is 1. The van der Waals surface area contributed by atoms with Crippen molar-refractivity contribution < 1.29 is 22.3 Å². The van der Waals surface area contributed by atoms with E-state index < -0.39 is 10.0 Å². The molecule has 2 aromatic carbocycles. The number of methoxy groups -OCH3 is 1. The summed E-state index contributed by atoms with van der Waals surface area (Å²) in [5.41, 5.74) is 1.11. The Bertz CT molecular complexity index is 881. The number of carbonyl (C=O) groups excluding carboxylic acids is 1. The normalized spacial score (nSPS) is 11.4. The SMILES string of the molecule is COc1ccc(S(=O)(=O)N(C)C)cc1CCC(=O)Nc1ccc(F)cc1. The number of sulfonamides is 1. The Balaban J connectivity index is 2.12. The van der Waals surface area contributed by atoms with Crippen LogP contribution in [0.15, 0.2) is 47.4 Å². The number of amides is 1. The van der Waals surface area contributed by atoms with Gasteiger partial charge >= 0.3 is 0 Å². The molecule has 2 rings (SSSR count). The lowest BCUT2D eigenvalue weighted by molar-refractivity contribution is -0.116. The van der Waals surface area contributed by atoms with E-state index in [1.54, 1.807) is 6.07 Å². The van der Waals surface area contributed by atoms with Gasteiger partial charge in [0.05, 0.1) is 12.0 Å². The first-order valence-corrected chi connectivity index (χ1v) is 9.33. The molecule has 8 heteroatoms. The van der Waals surface area contributed by atoms with Crippen LogP contribution in [-0.2, 0) is 21.2 Å². The molecule has 0 spiro atoms. The average Bonchev–Trinajstić information content (AvgIpc) is 2.61. The van der Waals surface area contributed by atoms with Crippen LogP contribution in [0.5, 0.6) is 5.75 Å².